The maximum atomic E-state index is 9.81. The van der Waals surface area contributed by atoms with E-state index in [-0.39, 0.29) is 0 Å². The first-order valence-corrected chi connectivity index (χ1v) is 4.10. The fourth-order valence-corrected chi connectivity index (χ4v) is 0.636. The minimum absolute atomic E-state index is 0.339. The van der Waals surface area contributed by atoms with Gasteiger partial charge >= 0.3 is 0 Å². The first-order chi connectivity index (χ1) is 5.31. The normalized spacial score (nSPS) is 12.5. The largest absolute Gasteiger partial charge is 0.378 e. The van der Waals surface area contributed by atoms with Gasteiger partial charge in [0, 0.05) is 13.2 Å². The van der Waals surface area contributed by atoms with Crippen molar-refractivity contribution in [2.24, 2.45) is 0 Å². The van der Waals surface area contributed by atoms with Crippen LogP contribution >= 0.6 is 0 Å². The maximum absolute atomic E-state index is 9.81. The Labute approximate surface area is 68.1 Å². The number of carbonyl (C=O) groups is 1. The molecule has 1 N–H and O–H groups in total. The summed E-state index contributed by atoms with van der Waals surface area (Å²) in [7, 11) is 0. The van der Waals surface area contributed by atoms with Crippen molar-refractivity contribution < 1.29 is 9.53 Å². The second kappa shape index (κ2) is 7.54. The molecule has 0 bridgehead atoms. The van der Waals surface area contributed by atoms with E-state index in [0.717, 1.165) is 19.4 Å². The molecule has 3 heteroatoms. The van der Waals surface area contributed by atoms with Crippen molar-refractivity contribution in [2.75, 3.05) is 13.2 Å². The van der Waals surface area contributed by atoms with Gasteiger partial charge in [-0.05, 0) is 19.8 Å². The highest BCUT2D eigenvalue weighted by Crippen LogP contribution is 1.95. The summed E-state index contributed by atoms with van der Waals surface area (Å²) in [4.78, 5) is 9.81. The Hall–Kier alpha value is -0.570. The standard InChI is InChI=1S/C8H17NO2/c1-3-8(2)11-6-4-5-9-7-10/h7-8H,3-6H2,1-2H3,(H,9,10). The van der Waals surface area contributed by atoms with E-state index in [4.69, 9.17) is 4.74 Å². The molecule has 0 fully saturated rings. The fourth-order valence-electron chi connectivity index (χ4n) is 0.636. The van der Waals surface area contributed by atoms with Gasteiger partial charge in [0.15, 0.2) is 0 Å². The highest BCUT2D eigenvalue weighted by molar-refractivity contribution is 5.45. The van der Waals surface area contributed by atoms with E-state index in [1.165, 1.54) is 0 Å². The molecule has 0 aliphatic rings. The van der Waals surface area contributed by atoms with Crippen LogP contribution in [0.2, 0.25) is 0 Å². The lowest BCUT2D eigenvalue weighted by Gasteiger charge is -2.09. The van der Waals surface area contributed by atoms with E-state index in [2.05, 4.69) is 12.2 Å². The van der Waals surface area contributed by atoms with Crippen LogP contribution in [0.3, 0.4) is 0 Å². The number of nitrogens with one attached hydrogen (secondary N) is 1. The van der Waals surface area contributed by atoms with Crippen LogP contribution in [-0.2, 0) is 9.53 Å². The smallest absolute Gasteiger partial charge is 0.207 e. The molecule has 1 unspecified atom stereocenters. The van der Waals surface area contributed by atoms with Gasteiger partial charge in [-0.1, -0.05) is 6.92 Å². The molecule has 0 saturated carbocycles. The minimum atomic E-state index is 0.339. The zero-order chi connectivity index (χ0) is 8.53. The lowest BCUT2D eigenvalue weighted by Crippen LogP contribution is -2.16. The molecule has 0 radical (unpaired) electrons. The summed E-state index contributed by atoms with van der Waals surface area (Å²) in [6.45, 7) is 5.58. The molecule has 0 aliphatic carbocycles. The third kappa shape index (κ3) is 7.33. The van der Waals surface area contributed by atoms with E-state index < -0.39 is 0 Å². The third-order valence-electron chi connectivity index (χ3n) is 1.53. The first-order valence-electron chi connectivity index (χ1n) is 4.10. The average Bonchev–Trinajstić information content (AvgIpc) is 2.04. The molecule has 0 rings (SSSR count). The Bertz CT molecular complexity index is 96.1. The van der Waals surface area contributed by atoms with E-state index in [0.29, 0.717) is 19.1 Å². The summed E-state index contributed by atoms with van der Waals surface area (Å²) >= 11 is 0. The number of hydrogen-bond acceptors (Lipinski definition) is 2. The van der Waals surface area contributed by atoms with Gasteiger partial charge in [-0.3, -0.25) is 4.79 Å². The Morgan fingerprint density at radius 1 is 1.64 bits per heavy atom. The van der Waals surface area contributed by atoms with Crippen molar-refractivity contribution in [2.45, 2.75) is 32.8 Å². The predicted octanol–water partition coefficient (Wildman–Crippen LogP) is 0.938. The Morgan fingerprint density at radius 3 is 2.91 bits per heavy atom. The summed E-state index contributed by atoms with van der Waals surface area (Å²) < 4.78 is 5.38. The molecule has 0 saturated heterocycles. The molecule has 3 nitrogen and oxygen atoms in total. The molecule has 0 heterocycles. The van der Waals surface area contributed by atoms with Gasteiger partial charge in [-0.25, -0.2) is 0 Å². The van der Waals surface area contributed by atoms with E-state index >= 15 is 0 Å². The van der Waals surface area contributed by atoms with Gasteiger partial charge in [-0.15, -0.1) is 0 Å². The molecule has 1 atom stereocenters. The number of hydrogen-bond donors (Lipinski definition) is 1. The summed E-state index contributed by atoms with van der Waals surface area (Å²) in [6.07, 6.45) is 2.99. The molecule has 0 aliphatic heterocycles. The summed E-state index contributed by atoms with van der Waals surface area (Å²) in [5.74, 6) is 0. The molecule has 1 amide bonds. The molecule has 0 aromatic carbocycles. The summed E-state index contributed by atoms with van der Waals surface area (Å²) in [5, 5.41) is 2.58. The second-order valence-corrected chi connectivity index (χ2v) is 2.52. The quantitative estimate of drug-likeness (QED) is 0.443. The molecule has 0 aromatic heterocycles. The number of ether oxygens (including phenoxy) is 1. The SMILES string of the molecule is CCC(C)OCCCNC=O. The maximum Gasteiger partial charge on any atom is 0.207 e. The van der Waals surface area contributed by atoms with Gasteiger partial charge in [0.25, 0.3) is 0 Å². The van der Waals surface area contributed by atoms with Crippen LogP contribution in [0.1, 0.15) is 26.7 Å². The van der Waals surface area contributed by atoms with E-state index in [9.17, 15) is 4.79 Å². The van der Waals surface area contributed by atoms with Crippen molar-refractivity contribution in [1.29, 1.82) is 0 Å². The number of amides is 1. The molecule has 11 heavy (non-hydrogen) atoms. The second-order valence-electron chi connectivity index (χ2n) is 2.52. The molecule has 0 aromatic rings. The van der Waals surface area contributed by atoms with Crippen LogP contribution < -0.4 is 5.32 Å². The molecular formula is C8H17NO2. The van der Waals surface area contributed by atoms with Crippen LogP contribution in [0.15, 0.2) is 0 Å². The molecule has 0 spiro atoms. The van der Waals surface area contributed by atoms with Crippen molar-refractivity contribution in [3.8, 4) is 0 Å². The van der Waals surface area contributed by atoms with Crippen molar-refractivity contribution in [3.05, 3.63) is 0 Å². The van der Waals surface area contributed by atoms with Gasteiger partial charge < -0.3 is 10.1 Å². The highest BCUT2D eigenvalue weighted by Gasteiger charge is 1.95. The van der Waals surface area contributed by atoms with Crippen LogP contribution in [0.4, 0.5) is 0 Å². The Kier molecular flexibility index (Phi) is 7.15. The average molecular weight is 159 g/mol. The first kappa shape index (κ1) is 10.4. The number of carbonyl (C=O) groups excluding carboxylic acids is 1. The zero-order valence-corrected chi connectivity index (χ0v) is 7.30. The van der Waals surface area contributed by atoms with Crippen molar-refractivity contribution in [1.82, 2.24) is 5.32 Å². The summed E-state index contributed by atoms with van der Waals surface area (Å²) in [5.41, 5.74) is 0. The molecule has 66 valence electrons. The van der Waals surface area contributed by atoms with Crippen LogP contribution in [0.5, 0.6) is 0 Å². The lowest BCUT2D eigenvalue weighted by molar-refractivity contribution is -0.109. The van der Waals surface area contributed by atoms with Crippen LogP contribution in [0.25, 0.3) is 0 Å². The predicted molar refractivity (Wildman–Crippen MR) is 44.4 cm³/mol. The van der Waals surface area contributed by atoms with Crippen molar-refractivity contribution in [3.63, 3.8) is 0 Å². The molecular weight excluding hydrogens is 142 g/mol. The van der Waals surface area contributed by atoms with Gasteiger partial charge in [0.2, 0.25) is 6.41 Å². The van der Waals surface area contributed by atoms with Gasteiger partial charge in [0.05, 0.1) is 6.10 Å². The zero-order valence-electron chi connectivity index (χ0n) is 7.30. The van der Waals surface area contributed by atoms with E-state index in [1.807, 2.05) is 6.92 Å². The lowest BCUT2D eigenvalue weighted by atomic mass is 10.3. The monoisotopic (exact) mass is 159 g/mol. The van der Waals surface area contributed by atoms with Crippen LogP contribution in [-0.4, -0.2) is 25.7 Å². The Morgan fingerprint density at radius 2 is 2.36 bits per heavy atom. The minimum Gasteiger partial charge on any atom is -0.378 e. The topological polar surface area (TPSA) is 38.3 Å². The fraction of sp³-hybridized carbons (Fsp3) is 0.875. The van der Waals surface area contributed by atoms with Gasteiger partial charge in [0.1, 0.15) is 0 Å². The van der Waals surface area contributed by atoms with E-state index in [1.54, 1.807) is 0 Å². The number of rotatable bonds is 7. The Balaban J connectivity index is 2.95. The highest BCUT2D eigenvalue weighted by atomic mass is 16.5. The van der Waals surface area contributed by atoms with Crippen LogP contribution in [0, 0.1) is 0 Å². The third-order valence-corrected chi connectivity index (χ3v) is 1.53. The van der Waals surface area contributed by atoms with Crippen molar-refractivity contribution >= 4 is 6.41 Å². The van der Waals surface area contributed by atoms with Gasteiger partial charge in [-0.2, -0.15) is 0 Å². The summed E-state index contributed by atoms with van der Waals surface area (Å²) in [6, 6.07) is 0.